The van der Waals surface area contributed by atoms with E-state index in [9.17, 15) is 9.59 Å². The fraction of sp³-hybridized carbons (Fsp3) is 0.391. The normalized spacial score (nSPS) is 12.5. The van der Waals surface area contributed by atoms with Crippen LogP contribution in [0.1, 0.15) is 25.0 Å². The number of hydrogen-bond acceptors (Lipinski definition) is 8. The van der Waals surface area contributed by atoms with Gasteiger partial charge in [-0.1, -0.05) is 30.3 Å². The van der Waals surface area contributed by atoms with E-state index in [1.165, 1.54) is 0 Å². The third-order valence-corrected chi connectivity index (χ3v) is 4.57. The molecule has 0 fully saturated rings. The van der Waals surface area contributed by atoms with Gasteiger partial charge in [0, 0.05) is 18.7 Å². The topological polar surface area (TPSA) is 103 Å². The summed E-state index contributed by atoms with van der Waals surface area (Å²) in [7, 11) is 0. The monoisotopic (exact) mass is 463 g/mol. The fourth-order valence-electron chi connectivity index (χ4n) is 2.96. The second-order valence-corrected chi connectivity index (χ2v) is 6.94. The van der Waals surface area contributed by atoms with Crippen LogP contribution in [0, 0.1) is 0 Å². The number of nitrogens with one attached hydrogen (secondary N) is 1. The van der Waals surface area contributed by atoms with E-state index in [0.717, 1.165) is 0 Å². The van der Waals surface area contributed by atoms with E-state index < -0.39 is 24.3 Å². The van der Waals surface area contributed by atoms with Gasteiger partial charge in [-0.05, 0) is 36.8 Å². The molecule has 0 bridgehead atoms. The zero-order chi connectivity index (χ0) is 23.2. The molecule has 2 aromatic rings. The third-order valence-electron chi connectivity index (χ3n) is 4.31. The summed E-state index contributed by atoms with van der Waals surface area (Å²) in [6.45, 7) is 2.30. The highest BCUT2D eigenvalue weighted by Crippen LogP contribution is 2.29. The van der Waals surface area contributed by atoms with Crippen molar-refractivity contribution in [3.05, 3.63) is 60.2 Å². The first kappa shape index (κ1) is 25.5. The quantitative estimate of drug-likeness (QED) is 0.308. The number of esters is 1. The van der Waals surface area contributed by atoms with E-state index in [4.69, 9.17) is 24.1 Å². The maximum absolute atomic E-state index is 12.6. The number of amides is 1. The fourth-order valence-corrected chi connectivity index (χ4v) is 3.05. The number of benzene rings is 2. The number of anilines is 1. The minimum atomic E-state index is -0.800. The van der Waals surface area contributed by atoms with Crippen molar-refractivity contribution in [1.29, 1.82) is 0 Å². The number of hydrogen-bond donors (Lipinski definition) is 3. The Morgan fingerprint density at radius 1 is 1.09 bits per heavy atom. The van der Waals surface area contributed by atoms with Crippen LogP contribution in [0.25, 0.3) is 0 Å². The summed E-state index contributed by atoms with van der Waals surface area (Å²) in [4.78, 5) is 24.1. The summed E-state index contributed by atoms with van der Waals surface area (Å²) in [5, 5.41) is 11.7. The van der Waals surface area contributed by atoms with Crippen molar-refractivity contribution in [3.63, 3.8) is 0 Å². The average molecular weight is 464 g/mol. The maximum atomic E-state index is 12.6. The highest BCUT2D eigenvalue weighted by atomic mass is 32.1. The molecule has 0 aliphatic heterocycles. The Kier molecular flexibility index (Phi) is 11.4. The van der Waals surface area contributed by atoms with E-state index >= 15 is 0 Å². The van der Waals surface area contributed by atoms with Crippen molar-refractivity contribution in [2.45, 2.75) is 25.6 Å². The third kappa shape index (κ3) is 8.78. The molecule has 2 rings (SSSR count). The summed E-state index contributed by atoms with van der Waals surface area (Å²) in [5.41, 5.74) is 1.23. The molecule has 0 saturated heterocycles. The van der Waals surface area contributed by atoms with Crippen molar-refractivity contribution in [3.8, 4) is 5.75 Å². The molecule has 8 nitrogen and oxygen atoms in total. The molecule has 2 aromatic carbocycles. The van der Waals surface area contributed by atoms with Gasteiger partial charge < -0.3 is 24.1 Å². The van der Waals surface area contributed by atoms with Gasteiger partial charge in [-0.25, -0.2) is 4.79 Å². The van der Waals surface area contributed by atoms with Crippen LogP contribution < -0.4 is 10.1 Å². The van der Waals surface area contributed by atoms with Crippen molar-refractivity contribution in [1.82, 2.24) is 0 Å². The Balaban J connectivity index is 2.22. The maximum Gasteiger partial charge on any atom is 0.412 e. The minimum absolute atomic E-state index is 0.0248. The van der Waals surface area contributed by atoms with Gasteiger partial charge in [-0.15, -0.1) is 0 Å². The van der Waals surface area contributed by atoms with Crippen LogP contribution in [0.3, 0.4) is 0 Å². The highest BCUT2D eigenvalue weighted by Gasteiger charge is 2.28. The predicted octanol–water partition coefficient (Wildman–Crippen LogP) is 3.62. The van der Waals surface area contributed by atoms with Crippen LogP contribution in [-0.2, 0) is 19.0 Å². The van der Waals surface area contributed by atoms with Gasteiger partial charge in [0.15, 0.2) is 6.10 Å². The van der Waals surface area contributed by atoms with Crippen LogP contribution in [0.5, 0.6) is 5.75 Å². The Bertz CT molecular complexity index is 834. The Hall–Kier alpha value is -2.75. The van der Waals surface area contributed by atoms with Crippen LogP contribution in [0.4, 0.5) is 10.5 Å². The largest absolute Gasteiger partial charge is 0.491 e. The van der Waals surface area contributed by atoms with Gasteiger partial charge in [-0.3, -0.25) is 10.1 Å². The van der Waals surface area contributed by atoms with E-state index in [1.807, 2.05) is 13.0 Å². The number of aliphatic hydroxyl groups excluding tert-OH is 1. The van der Waals surface area contributed by atoms with Crippen molar-refractivity contribution < 1.29 is 33.6 Å². The van der Waals surface area contributed by atoms with Gasteiger partial charge in [0.25, 0.3) is 0 Å². The molecule has 2 atom stereocenters. The second kappa shape index (κ2) is 14.3. The number of thiol groups is 1. The van der Waals surface area contributed by atoms with Gasteiger partial charge >= 0.3 is 12.1 Å². The molecule has 0 radical (unpaired) electrons. The number of para-hydroxylation sites is 1. The zero-order valence-electron chi connectivity index (χ0n) is 17.9. The molecule has 0 aromatic heterocycles. The molecule has 0 saturated carbocycles. The smallest absolute Gasteiger partial charge is 0.412 e. The van der Waals surface area contributed by atoms with E-state index in [1.54, 1.807) is 48.5 Å². The van der Waals surface area contributed by atoms with Crippen molar-refractivity contribution in [2.75, 3.05) is 37.5 Å². The standard InChI is InChI=1S/C23H29NO7S/c1-2-28-20(11-13-30-21(26)16-32)22(17-7-6-10-19(15-17)29-14-12-25)31-23(27)24-18-8-4-3-5-9-18/h3-10,15,20,22,25,32H,2,11-14,16H2,1H3,(H,24,27)/t20-,22-/m1/s1. The first-order valence-corrected chi connectivity index (χ1v) is 10.9. The molecule has 0 unspecified atom stereocenters. The van der Waals surface area contributed by atoms with Crippen LogP contribution in [-0.4, -0.2) is 55.5 Å². The summed E-state index contributed by atoms with van der Waals surface area (Å²) in [6, 6.07) is 15.9. The predicted molar refractivity (Wildman–Crippen MR) is 123 cm³/mol. The van der Waals surface area contributed by atoms with Crippen LogP contribution >= 0.6 is 12.6 Å². The molecule has 0 heterocycles. The summed E-state index contributed by atoms with van der Waals surface area (Å²) < 4.78 is 22.2. The number of carbonyl (C=O) groups excluding carboxylic acids is 2. The Morgan fingerprint density at radius 3 is 2.56 bits per heavy atom. The molecule has 2 N–H and O–H groups in total. The minimum Gasteiger partial charge on any atom is -0.491 e. The zero-order valence-corrected chi connectivity index (χ0v) is 18.8. The van der Waals surface area contributed by atoms with Crippen molar-refractivity contribution in [2.24, 2.45) is 0 Å². The second-order valence-electron chi connectivity index (χ2n) is 6.62. The summed E-state index contributed by atoms with van der Waals surface area (Å²) in [6.07, 6.45) is -1.73. The number of carbonyl (C=O) groups is 2. The first-order valence-electron chi connectivity index (χ1n) is 10.3. The van der Waals surface area contributed by atoms with Crippen LogP contribution in [0.2, 0.25) is 0 Å². The number of aliphatic hydroxyl groups is 1. The molecular formula is C23H29NO7S. The summed E-state index contributed by atoms with van der Waals surface area (Å²) >= 11 is 3.90. The number of rotatable bonds is 13. The lowest BCUT2D eigenvalue weighted by Crippen LogP contribution is -2.30. The lowest BCUT2D eigenvalue weighted by atomic mass is 10.0. The van der Waals surface area contributed by atoms with Gasteiger partial charge in [-0.2, -0.15) is 12.6 Å². The Morgan fingerprint density at radius 2 is 1.88 bits per heavy atom. The lowest BCUT2D eigenvalue weighted by molar-refractivity contribution is -0.142. The molecule has 0 spiro atoms. The molecular weight excluding hydrogens is 434 g/mol. The molecule has 9 heteroatoms. The van der Waals surface area contributed by atoms with E-state index in [0.29, 0.717) is 30.0 Å². The Labute approximate surface area is 193 Å². The van der Waals surface area contributed by atoms with Gasteiger partial charge in [0.2, 0.25) is 0 Å². The van der Waals surface area contributed by atoms with Crippen molar-refractivity contribution >= 4 is 30.4 Å². The molecule has 1 amide bonds. The molecule has 0 aliphatic carbocycles. The SMILES string of the molecule is CCO[C@H](CCOC(=O)CS)[C@H](OC(=O)Nc1ccccc1)c1cccc(OCCO)c1. The van der Waals surface area contributed by atoms with Gasteiger partial charge in [0.05, 0.1) is 19.0 Å². The number of ether oxygens (including phenoxy) is 4. The molecule has 174 valence electrons. The first-order chi connectivity index (χ1) is 15.6. The molecule has 0 aliphatic rings. The highest BCUT2D eigenvalue weighted by molar-refractivity contribution is 7.81. The van der Waals surface area contributed by atoms with E-state index in [-0.39, 0.29) is 25.6 Å². The van der Waals surface area contributed by atoms with E-state index in [2.05, 4.69) is 17.9 Å². The average Bonchev–Trinajstić information content (AvgIpc) is 2.81. The van der Waals surface area contributed by atoms with Gasteiger partial charge in [0.1, 0.15) is 18.5 Å². The molecule has 32 heavy (non-hydrogen) atoms. The lowest BCUT2D eigenvalue weighted by Gasteiger charge is -2.27. The summed E-state index contributed by atoms with van der Waals surface area (Å²) in [5.74, 6) is 0.0517. The van der Waals surface area contributed by atoms with Crippen LogP contribution in [0.15, 0.2) is 54.6 Å².